The van der Waals surface area contributed by atoms with Gasteiger partial charge in [0, 0.05) is 6.08 Å². The number of carbonyl (C=O) groups is 1. The van der Waals surface area contributed by atoms with Crippen molar-refractivity contribution in [2.75, 3.05) is 0 Å². The Hall–Kier alpha value is -2.25. The second-order valence-electron chi connectivity index (χ2n) is 4.96. The SMILES string of the molecule is Cc1cccc(/C=C/C(=O)OCc2nnc(-c3ccc(Br)s3)o2)c1. The Balaban J connectivity index is 1.56. The van der Waals surface area contributed by atoms with E-state index >= 15 is 0 Å². The van der Waals surface area contributed by atoms with Crippen LogP contribution in [0, 0.1) is 6.92 Å². The molecule has 24 heavy (non-hydrogen) atoms. The number of carbonyl (C=O) groups excluding carboxylic acids is 1. The molecule has 122 valence electrons. The second kappa shape index (κ2) is 7.55. The largest absolute Gasteiger partial charge is 0.452 e. The van der Waals surface area contributed by atoms with Crippen molar-refractivity contribution in [3.8, 4) is 10.8 Å². The number of nitrogens with zero attached hydrogens (tertiary/aromatic N) is 2. The van der Waals surface area contributed by atoms with Crippen LogP contribution in [0.3, 0.4) is 0 Å². The summed E-state index contributed by atoms with van der Waals surface area (Å²) >= 11 is 4.87. The van der Waals surface area contributed by atoms with E-state index in [1.165, 1.54) is 17.4 Å². The fourth-order valence-electron chi connectivity index (χ4n) is 1.96. The van der Waals surface area contributed by atoms with Crippen molar-refractivity contribution in [3.05, 3.63) is 63.3 Å². The maximum absolute atomic E-state index is 11.8. The van der Waals surface area contributed by atoms with E-state index in [0.717, 1.165) is 19.8 Å². The number of esters is 1. The first-order valence-electron chi connectivity index (χ1n) is 7.10. The van der Waals surface area contributed by atoms with E-state index in [1.807, 2.05) is 43.3 Å². The topological polar surface area (TPSA) is 65.2 Å². The number of rotatable bonds is 5. The molecule has 0 aliphatic rings. The van der Waals surface area contributed by atoms with E-state index in [0.29, 0.717) is 5.89 Å². The highest BCUT2D eigenvalue weighted by atomic mass is 79.9. The van der Waals surface area contributed by atoms with Gasteiger partial charge < -0.3 is 9.15 Å². The highest BCUT2D eigenvalue weighted by Gasteiger charge is 2.11. The van der Waals surface area contributed by atoms with E-state index < -0.39 is 5.97 Å². The first-order valence-corrected chi connectivity index (χ1v) is 8.71. The van der Waals surface area contributed by atoms with Gasteiger partial charge in [-0.25, -0.2) is 4.79 Å². The summed E-state index contributed by atoms with van der Waals surface area (Å²) in [4.78, 5) is 12.6. The molecule has 1 aromatic carbocycles. The van der Waals surface area contributed by atoms with Crippen LogP contribution < -0.4 is 0 Å². The van der Waals surface area contributed by atoms with Gasteiger partial charge in [-0.1, -0.05) is 29.8 Å². The van der Waals surface area contributed by atoms with E-state index in [4.69, 9.17) is 9.15 Å². The van der Waals surface area contributed by atoms with Crippen molar-refractivity contribution in [3.63, 3.8) is 0 Å². The summed E-state index contributed by atoms with van der Waals surface area (Å²) in [5.41, 5.74) is 2.07. The third-order valence-corrected chi connectivity index (χ3v) is 4.65. The molecule has 0 fully saturated rings. The monoisotopic (exact) mass is 404 g/mol. The number of aryl methyl sites for hydroxylation is 1. The summed E-state index contributed by atoms with van der Waals surface area (Å²) < 4.78 is 11.6. The molecule has 0 aliphatic heterocycles. The molecule has 5 nitrogen and oxygen atoms in total. The molecule has 7 heteroatoms. The van der Waals surface area contributed by atoms with Crippen LogP contribution in [-0.4, -0.2) is 16.2 Å². The van der Waals surface area contributed by atoms with Gasteiger partial charge in [0.2, 0.25) is 0 Å². The Bertz CT molecular complexity index is 885. The predicted molar refractivity (Wildman–Crippen MR) is 95.3 cm³/mol. The van der Waals surface area contributed by atoms with Crippen molar-refractivity contribution < 1.29 is 13.9 Å². The minimum atomic E-state index is -0.463. The fourth-order valence-corrected chi connectivity index (χ4v) is 3.27. The van der Waals surface area contributed by atoms with Gasteiger partial charge in [0.15, 0.2) is 6.61 Å². The molecule has 2 heterocycles. The molecule has 0 bridgehead atoms. The number of aromatic nitrogens is 2. The lowest BCUT2D eigenvalue weighted by atomic mass is 10.1. The molecule has 2 aromatic heterocycles. The number of benzene rings is 1. The maximum atomic E-state index is 11.8. The van der Waals surface area contributed by atoms with Crippen LogP contribution in [0.25, 0.3) is 16.8 Å². The van der Waals surface area contributed by atoms with Gasteiger partial charge in [0.1, 0.15) is 0 Å². The quantitative estimate of drug-likeness (QED) is 0.458. The fraction of sp³-hybridized carbons (Fsp3) is 0.118. The molecule has 0 unspecified atom stereocenters. The third kappa shape index (κ3) is 4.39. The predicted octanol–water partition coefficient (Wildman–Crippen LogP) is 4.63. The summed E-state index contributed by atoms with van der Waals surface area (Å²) in [6.07, 6.45) is 3.08. The van der Waals surface area contributed by atoms with Gasteiger partial charge in [-0.3, -0.25) is 0 Å². The normalized spacial score (nSPS) is 11.1. The average molecular weight is 405 g/mol. The standard InChI is InChI=1S/C17H13BrN2O3S/c1-11-3-2-4-12(9-11)5-8-16(21)22-10-15-19-20-17(23-15)13-6-7-14(18)24-13/h2-9H,10H2,1H3/b8-5+. The second-order valence-corrected chi connectivity index (χ2v) is 7.42. The molecule has 3 rings (SSSR count). The summed E-state index contributed by atoms with van der Waals surface area (Å²) in [6, 6.07) is 11.6. The van der Waals surface area contributed by atoms with Gasteiger partial charge >= 0.3 is 5.97 Å². The van der Waals surface area contributed by atoms with Crippen molar-refractivity contribution in [1.82, 2.24) is 10.2 Å². The molecule has 0 atom stereocenters. The van der Waals surface area contributed by atoms with Crippen LogP contribution in [0.15, 0.2) is 50.7 Å². The zero-order chi connectivity index (χ0) is 16.9. The van der Waals surface area contributed by atoms with Crippen LogP contribution in [0.2, 0.25) is 0 Å². The average Bonchev–Trinajstić information content (AvgIpc) is 3.20. The lowest BCUT2D eigenvalue weighted by Gasteiger charge is -1.98. The van der Waals surface area contributed by atoms with Gasteiger partial charge in [-0.2, -0.15) is 0 Å². The smallest absolute Gasteiger partial charge is 0.331 e. The Morgan fingerprint density at radius 2 is 2.21 bits per heavy atom. The van der Waals surface area contributed by atoms with Crippen LogP contribution in [0.5, 0.6) is 0 Å². The maximum Gasteiger partial charge on any atom is 0.331 e. The number of halogens is 1. The van der Waals surface area contributed by atoms with E-state index in [2.05, 4.69) is 26.1 Å². The molecule has 0 radical (unpaired) electrons. The molecule has 0 N–H and O–H groups in total. The summed E-state index contributed by atoms with van der Waals surface area (Å²) in [7, 11) is 0. The summed E-state index contributed by atoms with van der Waals surface area (Å²) in [6.45, 7) is 1.94. The van der Waals surface area contributed by atoms with Gasteiger partial charge in [0.25, 0.3) is 11.8 Å². The number of hydrogen-bond acceptors (Lipinski definition) is 6. The Labute approximate surface area is 151 Å². The first-order chi connectivity index (χ1) is 11.6. The van der Waals surface area contributed by atoms with Crippen molar-refractivity contribution in [2.24, 2.45) is 0 Å². The molecular weight excluding hydrogens is 392 g/mol. The van der Waals surface area contributed by atoms with Crippen molar-refractivity contribution in [2.45, 2.75) is 13.5 Å². The first kappa shape index (κ1) is 16.6. The summed E-state index contributed by atoms with van der Waals surface area (Å²) in [5.74, 6) is 0.203. The third-order valence-electron chi connectivity index (χ3n) is 3.04. The van der Waals surface area contributed by atoms with Gasteiger partial charge in [-0.05, 0) is 46.6 Å². The lowest BCUT2D eigenvalue weighted by molar-refractivity contribution is -0.139. The number of ether oxygens (including phenoxy) is 1. The molecule has 0 spiro atoms. The van der Waals surface area contributed by atoms with Crippen molar-refractivity contribution >= 4 is 39.3 Å². The molecular formula is C17H13BrN2O3S. The van der Waals surface area contributed by atoms with Crippen LogP contribution >= 0.6 is 27.3 Å². The molecule has 3 aromatic rings. The zero-order valence-corrected chi connectivity index (χ0v) is 15.1. The molecule has 0 saturated heterocycles. The van der Waals surface area contributed by atoms with Gasteiger partial charge in [0.05, 0.1) is 8.66 Å². The minimum Gasteiger partial charge on any atom is -0.452 e. The Kier molecular flexibility index (Phi) is 5.22. The van der Waals surface area contributed by atoms with Crippen LogP contribution in [-0.2, 0) is 16.1 Å². The Morgan fingerprint density at radius 1 is 1.33 bits per heavy atom. The lowest BCUT2D eigenvalue weighted by Crippen LogP contribution is -2.00. The van der Waals surface area contributed by atoms with Crippen molar-refractivity contribution in [1.29, 1.82) is 0 Å². The zero-order valence-electron chi connectivity index (χ0n) is 12.7. The number of hydrogen-bond donors (Lipinski definition) is 0. The van der Waals surface area contributed by atoms with E-state index in [9.17, 15) is 4.79 Å². The molecule has 0 amide bonds. The van der Waals surface area contributed by atoms with E-state index in [-0.39, 0.29) is 12.5 Å². The van der Waals surface area contributed by atoms with Crippen LogP contribution in [0.1, 0.15) is 17.0 Å². The number of thiophene rings is 1. The van der Waals surface area contributed by atoms with Crippen LogP contribution in [0.4, 0.5) is 0 Å². The highest BCUT2D eigenvalue weighted by molar-refractivity contribution is 9.11. The molecule has 0 aliphatic carbocycles. The highest BCUT2D eigenvalue weighted by Crippen LogP contribution is 2.30. The molecule has 0 saturated carbocycles. The minimum absolute atomic E-state index is 0.0590. The van der Waals surface area contributed by atoms with E-state index in [1.54, 1.807) is 6.08 Å². The summed E-state index contributed by atoms with van der Waals surface area (Å²) in [5, 5.41) is 7.82. The Morgan fingerprint density at radius 3 is 2.96 bits per heavy atom. The van der Waals surface area contributed by atoms with Gasteiger partial charge in [-0.15, -0.1) is 21.5 Å².